The number of carbonyl (C=O) groups is 4. The Hall–Kier alpha value is -6.12. The summed E-state index contributed by atoms with van der Waals surface area (Å²) in [7, 11) is 0. The summed E-state index contributed by atoms with van der Waals surface area (Å²) in [5.41, 5.74) is 15.1. The molecular formula is C36H45N11O5. The number of benzene rings is 2. The number of nitrogens with one attached hydrogen (secondary N) is 5. The summed E-state index contributed by atoms with van der Waals surface area (Å²) in [6.07, 6.45) is 10.8. The summed E-state index contributed by atoms with van der Waals surface area (Å²) < 4.78 is 0. The summed E-state index contributed by atoms with van der Waals surface area (Å²) in [6.45, 7) is 0.196. The van der Waals surface area contributed by atoms with E-state index in [1.54, 1.807) is 36.3 Å². The predicted octanol–water partition coefficient (Wildman–Crippen LogP) is 0.945. The van der Waals surface area contributed by atoms with Crippen LogP contribution in [0.2, 0.25) is 0 Å². The first-order valence-corrected chi connectivity index (χ1v) is 17.1. The van der Waals surface area contributed by atoms with Crippen molar-refractivity contribution in [2.75, 3.05) is 17.3 Å². The molecule has 4 rings (SSSR count). The zero-order valence-electron chi connectivity index (χ0n) is 28.7. The Balaban J connectivity index is 1.46. The number of hydrogen-bond acceptors (Lipinski definition) is 9. The lowest BCUT2D eigenvalue weighted by Gasteiger charge is -2.28. The van der Waals surface area contributed by atoms with Gasteiger partial charge in [0.1, 0.15) is 24.1 Å². The highest BCUT2D eigenvalue weighted by molar-refractivity contribution is 6.01. The first-order chi connectivity index (χ1) is 25.2. The predicted molar refractivity (Wildman–Crippen MR) is 196 cm³/mol. The van der Waals surface area contributed by atoms with Crippen LogP contribution in [0.1, 0.15) is 56.1 Å². The van der Waals surface area contributed by atoms with Gasteiger partial charge in [0.2, 0.25) is 17.7 Å². The SMILES string of the molecule is NC(N)=NCCC[C@H](NC(=O)[C@H](C=C=O)NC1CCCCC1)C(=O)N[C@@H](Cc1ccccc1)C(=O)Nn1cc(NC(=O)C=Cc2ccccc2)nn1. The van der Waals surface area contributed by atoms with Crippen LogP contribution < -0.4 is 38.2 Å². The lowest BCUT2D eigenvalue weighted by Crippen LogP contribution is -2.57. The standard InChI is InChI=1S/C36H45N11O5/c37-36(38)39-21-10-17-28(41-34(51)29(20-22-48)40-27-15-8-3-9-16-27)33(50)42-30(23-26-13-6-2-7-14-26)35(52)45-47-24-31(44-46-47)43-32(49)19-18-25-11-4-1-5-12-25/h1-2,4-7,11-14,18-20,24,27-30,40H,3,8-10,15-17,21,23H2,(H,41,51)(H,42,50)(H,43,49)(H,45,52)(H4,37,38,39)/t28-,29-,30-/m0/s1. The fourth-order valence-electron chi connectivity index (χ4n) is 5.63. The van der Waals surface area contributed by atoms with Crippen LogP contribution in [0.4, 0.5) is 5.82 Å². The Labute approximate surface area is 301 Å². The van der Waals surface area contributed by atoms with Crippen molar-refractivity contribution < 1.29 is 24.0 Å². The highest BCUT2D eigenvalue weighted by atomic mass is 16.2. The lowest BCUT2D eigenvalue weighted by atomic mass is 9.95. The maximum absolute atomic E-state index is 13.8. The van der Waals surface area contributed by atoms with Crippen LogP contribution >= 0.6 is 0 Å². The normalized spacial score (nSPS) is 14.6. The van der Waals surface area contributed by atoms with E-state index in [9.17, 15) is 24.0 Å². The molecule has 0 bridgehead atoms. The van der Waals surface area contributed by atoms with Gasteiger partial charge in [-0.05, 0) is 48.1 Å². The molecule has 3 atom stereocenters. The summed E-state index contributed by atoms with van der Waals surface area (Å²) in [5, 5.41) is 19.0. The van der Waals surface area contributed by atoms with Crippen molar-refractivity contribution in [3.63, 3.8) is 0 Å². The van der Waals surface area contributed by atoms with E-state index < -0.39 is 41.8 Å². The van der Waals surface area contributed by atoms with Crippen LogP contribution in [0, 0.1) is 0 Å². The Morgan fingerprint density at radius 2 is 1.62 bits per heavy atom. The van der Waals surface area contributed by atoms with Gasteiger partial charge in [0, 0.05) is 31.2 Å². The van der Waals surface area contributed by atoms with Crippen LogP contribution in [-0.4, -0.2) is 81.3 Å². The minimum Gasteiger partial charge on any atom is -0.370 e. The topological polar surface area (TPSA) is 241 Å². The van der Waals surface area contributed by atoms with Gasteiger partial charge in [-0.25, -0.2) is 10.2 Å². The van der Waals surface area contributed by atoms with E-state index >= 15 is 0 Å². The molecule has 16 heteroatoms. The lowest BCUT2D eigenvalue weighted by molar-refractivity contribution is -0.131. The molecule has 4 amide bonds. The second-order valence-corrected chi connectivity index (χ2v) is 12.3. The molecule has 1 aliphatic rings. The summed E-state index contributed by atoms with van der Waals surface area (Å²) in [5.74, 6) is -0.670. The number of guanidine groups is 1. The highest BCUT2D eigenvalue weighted by Gasteiger charge is 2.30. The molecule has 0 unspecified atom stereocenters. The Kier molecular flexibility index (Phi) is 15.3. The molecule has 16 nitrogen and oxygen atoms in total. The minimum absolute atomic E-state index is 0.0403. The first-order valence-electron chi connectivity index (χ1n) is 17.1. The van der Waals surface area contributed by atoms with Crippen molar-refractivity contribution in [3.05, 3.63) is 90.1 Å². The Bertz CT molecular complexity index is 1730. The first kappa shape index (κ1) is 38.7. The smallest absolute Gasteiger partial charge is 0.263 e. The number of nitrogens with two attached hydrogens (primary N) is 2. The van der Waals surface area contributed by atoms with Crippen molar-refractivity contribution in [2.24, 2.45) is 16.5 Å². The molecule has 1 aliphatic carbocycles. The second kappa shape index (κ2) is 20.5. The van der Waals surface area contributed by atoms with E-state index in [4.69, 9.17) is 11.5 Å². The van der Waals surface area contributed by atoms with Crippen LogP contribution in [0.3, 0.4) is 0 Å². The van der Waals surface area contributed by atoms with E-state index in [0.29, 0.717) is 6.42 Å². The molecule has 1 fully saturated rings. The van der Waals surface area contributed by atoms with Crippen molar-refractivity contribution >= 4 is 47.4 Å². The third-order valence-corrected chi connectivity index (χ3v) is 8.23. The number of amides is 4. The molecule has 3 aromatic rings. The average molecular weight is 712 g/mol. The molecule has 0 aliphatic heterocycles. The molecule has 1 heterocycles. The van der Waals surface area contributed by atoms with E-state index in [2.05, 4.69) is 42.0 Å². The van der Waals surface area contributed by atoms with Gasteiger partial charge in [-0.2, -0.15) is 4.79 Å². The number of hydrogen-bond donors (Lipinski definition) is 7. The van der Waals surface area contributed by atoms with Gasteiger partial charge < -0.3 is 27.4 Å². The molecule has 0 saturated heterocycles. The fraction of sp³-hybridized carbons (Fsp3) is 0.361. The molecule has 52 heavy (non-hydrogen) atoms. The number of rotatable bonds is 18. The second-order valence-electron chi connectivity index (χ2n) is 12.3. The molecule has 1 saturated carbocycles. The van der Waals surface area contributed by atoms with Gasteiger partial charge in [-0.15, -0.1) is 5.10 Å². The Morgan fingerprint density at radius 1 is 0.923 bits per heavy atom. The third kappa shape index (κ3) is 13.3. The molecule has 2 aromatic carbocycles. The van der Waals surface area contributed by atoms with Crippen LogP contribution in [-0.2, 0) is 30.4 Å². The molecule has 0 spiro atoms. The molecule has 0 radical (unpaired) electrons. The largest absolute Gasteiger partial charge is 0.370 e. The average Bonchev–Trinajstić information content (AvgIpc) is 3.58. The number of anilines is 1. The maximum Gasteiger partial charge on any atom is 0.263 e. The van der Waals surface area contributed by atoms with Crippen molar-refractivity contribution in [1.82, 2.24) is 31.1 Å². The van der Waals surface area contributed by atoms with Gasteiger partial charge in [0.15, 0.2) is 11.8 Å². The summed E-state index contributed by atoms with van der Waals surface area (Å²) >= 11 is 0. The van der Waals surface area contributed by atoms with Crippen molar-refractivity contribution in [2.45, 2.75) is 75.5 Å². The fourth-order valence-corrected chi connectivity index (χ4v) is 5.63. The zero-order valence-corrected chi connectivity index (χ0v) is 28.7. The van der Waals surface area contributed by atoms with Gasteiger partial charge >= 0.3 is 0 Å². The number of aliphatic imine (C=N–C) groups is 1. The van der Waals surface area contributed by atoms with E-state index in [-0.39, 0.29) is 37.2 Å². The van der Waals surface area contributed by atoms with E-state index in [1.165, 1.54) is 12.3 Å². The molecule has 9 N–H and O–H groups in total. The van der Waals surface area contributed by atoms with Crippen molar-refractivity contribution in [1.29, 1.82) is 0 Å². The highest BCUT2D eigenvalue weighted by Crippen LogP contribution is 2.18. The Morgan fingerprint density at radius 3 is 2.31 bits per heavy atom. The zero-order chi connectivity index (χ0) is 37.1. The molecular weight excluding hydrogens is 666 g/mol. The monoisotopic (exact) mass is 711 g/mol. The number of aromatic nitrogens is 3. The number of nitrogens with zero attached hydrogens (tertiary/aromatic N) is 4. The quantitative estimate of drug-likeness (QED) is 0.0324. The van der Waals surface area contributed by atoms with Gasteiger partial charge in [0.05, 0.1) is 6.20 Å². The van der Waals surface area contributed by atoms with E-state index in [1.807, 2.05) is 36.4 Å². The summed E-state index contributed by atoms with van der Waals surface area (Å²) in [4.78, 5) is 69.6. The third-order valence-electron chi connectivity index (χ3n) is 8.23. The minimum atomic E-state index is -1.13. The van der Waals surface area contributed by atoms with E-state index in [0.717, 1.165) is 54.1 Å². The van der Waals surface area contributed by atoms with Crippen molar-refractivity contribution in [3.8, 4) is 0 Å². The molecule has 274 valence electrons. The van der Waals surface area contributed by atoms with Crippen LogP contribution in [0.25, 0.3) is 6.08 Å². The molecule has 1 aromatic heterocycles. The summed E-state index contributed by atoms with van der Waals surface area (Å²) in [6, 6.07) is 15.1. The van der Waals surface area contributed by atoms with Crippen LogP contribution in [0.5, 0.6) is 0 Å². The van der Waals surface area contributed by atoms with Gasteiger partial charge in [0.25, 0.3) is 5.91 Å². The van der Waals surface area contributed by atoms with Gasteiger partial charge in [-0.1, -0.05) is 79.9 Å². The van der Waals surface area contributed by atoms with Crippen LogP contribution in [0.15, 0.2) is 84.0 Å². The number of carbonyl (C=O) groups excluding carboxylic acids is 5. The van der Waals surface area contributed by atoms with Gasteiger partial charge in [-0.3, -0.25) is 29.5 Å². The maximum atomic E-state index is 13.8.